The van der Waals surface area contributed by atoms with Crippen LogP contribution in [0.15, 0.2) is 65.8 Å². The van der Waals surface area contributed by atoms with Crippen molar-refractivity contribution in [2.24, 2.45) is 0 Å². The van der Waals surface area contributed by atoms with Gasteiger partial charge in [0.15, 0.2) is 0 Å². The Morgan fingerprint density at radius 1 is 1.06 bits per heavy atom. The summed E-state index contributed by atoms with van der Waals surface area (Å²) in [5.74, 6) is -0.402. The molecule has 9 heteroatoms. The van der Waals surface area contributed by atoms with Gasteiger partial charge in [0.05, 0.1) is 23.3 Å². The zero-order chi connectivity index (χ0) is 23.1. The topological polar surface area (TPSA) is 96.3 Å². The van der Waals surface area contributed by atoms with Gasteiger partial charge in [0.25, 0.3) is 15.9 Å². The van der Waals surface area contributed by atoms with Crippen molar-refractivity contribution in [1.82, 2.24) is 14.7 Å². The molecule has 2 aromatic carbocycles. The van der Waals surface area contributed by atoms with Gasteiger partial charge < -0.3 is 10.2 Å². The van der Waals surface area contributed by atoms with Crippen LogP contribution in [0.5, 0.6) is 0 Å². The van der Waals surface area contributed by atoms with Crippen LogP contribution in [-0.2, 0) is 16.6 Å². The maximum absolute atomic E-state index is 12.8. The Labute approximate surface area is 189 Å². The minimum Gasteiger partial charge on any atom is -0.319 e. The smallest absolute Gasteiger partial charge is 0.261 e. The average molecular weight is 456 g/mol. The Bertz CT molecular complexity index is 1170. The number of rotatable bonds is 10. The van der Waals surface area contributed by atoms with Crippen molar-refractivity contribution in [1.29, 1.82) is 0 Å². The summed E-state index contributed by atoms with van der Waals surface area (Å²) in [6.07, 6.45) is 3.35. The van der Waals surface area contributed by atoms with Crippen LogP contribution >= 0.6 is 0 Å². The number of anilines is 2. The molecule has 0 saturated carbocycles. The van der Waals surface area contributed by atoms with E-state index in [1.54, 1.807) is 47.4 Å². The van der Waals surface area contributed by atoms with Gasteiger partial charge in [-0.25, -0.2) is 8.42 Å². The second-order valence-corrected chi connectivity index (χ2v) is 9.16. The average Bonchev–Trinajstić information content (AvgIpc) is 3.21. The lowest BCUT2D eigenvalue weighted by molar-refractivity contribution is 0.102. The Kier molecular flexibility index (Phi) is 7.66. The highest BCUT2D eigenvalue weighted by Crippen LogP contribution is 2.19. The number of nitrogens with one attached hydrogen (secondary N) is 2. The lowest BCUT2D eigenvalue weighted by atomic mass is 10.2. The van der Waals surface area contributed by atoms with Crippen molar-refractivity contribution in [3.05, 3.63) is 72.1 Å². The van der Waals surface area contributed by atoms with E-state index in [1.165, 1.54) is 12.1 Å². The molecule has 8 nitrogen and oxygen atoms in total. The first-order chi connectivity index (χ1) is 15.3. The summed E-state index contributed by atoms with van der Waals surface area (Å²) in [5, 5.41) is 7.06. The molecule has 32 heavy (non-hydrogen) atoms. The molecule has 0 atom stereocenters. The van der Waals surface area contributed by atoms with Crippen LogP contribution in [0.1, 0.15) is 29.8 Å². The highest BCUT2D eigenvalue weighted by molar-refractivity contribution is 7.92. The molecule has 0 spiro atoms. The van der Waals surface area contributed by atoms with Gasteiger partial charge in [-0.2, -0.15) is 5.10 Å². The van der Waals surface area contributed by atoms with Crippen LogP contribution in [0.25, 0.3) is 0 Å². The number of hydrogen-bond acceptors (Lipinski definition) is 5. The molecule has 0 aliphatic rings. The highest BCUT2D eigenvalue weighted by Gasteiger charge is 2.17. The lowest BCUT2D eigenvalue weighted by Crippen LogP contribution is -2.27. The Morgan fingerprint density at radius 2 is 1.81 bits per heavy atom. The van der Waals surface area contributed by atoms with Crippen LogP contribution in [0.3, 0.4) is 0 Å². The maximum atomic E-state index is 12.8. The number of nitrogens with zero attached hydrogens (tertiary/aromatic N) is 3. The molecule has 1 heterocycles. The molecule has 1 amide bonds. The Hall–Kier alpha value is -3.17. The summed E-state index contributed by atoms with van der Waals surface area (Å²) in [4.78, 5) is 15.0. The van der Waals surface area contributed by atoms with Crippen LogP contribution in [0, 0.1) is 6.92 Å². The third-order valence-corrected chi connectivity index (χ3v) is 6.49. The standard InChI is InChI=1S/C23H29N5O3S/c1-4-27(5-2)12-13-28-17-21(16-24-28)25-23(29)19-9-7-11-22(15-19)32(30,31)26-20-10-6-8-18(3)14-20/h6-11,14-17,26H,4-5,12-13H2,1-3H3,(H,25,29). The predicted molar refractivity (Wildman–Crippen MR) is 126 cm³/mol. The highest BCUT2D eigenvalue weighted by atomic mass is 32.2. The first-order valence-corrected chi connectivity index (χ1v) is 12.0. The number of amides is 1. The zero-order valence-corrected chi connectivity index (χ0v) is 19.4. The molecule has 2 N–H and O–H groups in total. The number of carbonyl (C=O) groups excluding carboxylic acids is 1. The summed E-state index contributed by atoms with van der Waals surface area (Å²) in [5.41, 5.74) is 2.21. The second-order valence-electron chi connectivity index (χ2n) is 7.48. The van der Waals surface area contributed by atoms with E-state index in [0.717, 1.165) is 31.7 Å². The van der Waals surface area contributed by atoms with Crippen molar-refractivity contribution in [3.8, 4) is 0 Å². The Balaban J connectivity index is 1.68. The number of aryl methyl sites for hydroxylation is 1. The van der Waals surface area contributed by atoms with Crippen molar-refractivity contribution in [2.75, 3.05) is 29.7 Å². The number of carbonyl (C=O) groups is 1. The summed E-state index contributed by atoms with van der Waals surface area (Å²) in [6.45, 7) is 9.64. The predicted octanol–water partition coefficient (Wildman–Crippen LogP) is 3.59. The van der Waals surface area contributed by atoms with Crippen LogP contribution in [0.2, 0.25) is 0 Å². The third kappa shape index (κ3) is 6.18. The molecule has 3 rings (SSSR count). The maximum Gasteiger partial charge on any atom is 0.261 e. The van der Waals surface area contributed by atoms with Crippen LogP contribution in [0.4, 0.5) is 11.4 Å². The van der Waals surface area contributed by atoms with Gasteiger partial charge in [0.1, 0.15) is 0 Å². The van der Waals surface area contributed by atoms with Crippen LogP contribution < -0.4 is 10.0 Å². The molecule has 0 aliphatic carbocycles. The van der Waals surface area contributed by atoms with Gasteiger partial charge >= 0.3 is 0 Å². The second kappa shape index (κ2) is 10.4. The van der Waals surface area contributed by atoms with E-state index >= 15 is 0 Å². The fraction of sp³-hybridized carbons (Fsp3) is 0.304. The van der Waals surface area contributed by atoms with E-state index in [4.69, 9.17) is 0 Å². The van der Waals surface area contributed by atoms with Crippen molar-refractivity contribution in [2.45, 2.75) is 32.2 Å². The molecule has 0 fully saturated rings. The molecular weight excluding hydrogens is 426 g/mol. The monoisotopic (exact) mass is 455 g/mol. The molecule has 3 aromatic rings. The summed E-state index contributed by atoms with van der Waals surface area (Å²) >= 11 is 0. The third-order valence-electron chi connectivity index (χ3n) is 5.11. The normalized spacial score (nSPS) is 11.5. The number of aromatic nitrogens is 2. The molecule has 0 saturated heterocycles. The number of likely N-dealkylation sites (N-methyl/N-ethyl adjacent to an activating group) is 1. The lowest BCUT2D eigenvalue weighted by Gasteiger charge is -2.17. The fourth-order valence-corrected chi connectivity index (χ4v) is 4.36. The molecular formula is C23H29N5O3S. The number of benzene rings is 2. The van der Waals surface area contributed by atoms with Gasteiger partial charge in [0.2, 0.25) is 0 Å². The Morgan fingerprint density at radius 3 is 2.53 bits per heavy atom. The van der Waals surface area contributed by atoms with E-state index in [1.807, 2.05) is 13.0 Å². The summed E-state index contributed by atoms with van der Waals surface area (Å²) < 4.78 is 29.9. The first-order valence-electron chi connectivity index (χ1n) is 10.6. The number of sulfonamides is 1. The van der Waals surface area contributed by atoms with Gasteiger partial charge in [-0.3, -0.25) is 14.2 Å². The number of hydrogen-bond donors (Lipinski definition) is 2. The van der Waals surface area contributed by atoms with Gasteiger partial charge in [-0.05, 0) is 55.9 Å². The molecule has 170 valence electrons. The quantitative estimate of drug-likeness (QED) is 0.487. The van der Waals surface area contributed by atoms with Gasteiger partial charge in [-0.15, -0.1) is 0 Å². The van der Waals surface area contributed by atoms with E-state index < -0.39 is 15.9 Å². The SMILES string of the molecule is CCN(CC)CCn1cc(NC(=O)c2cccc(S(=O)(=O)Nc3cccc(C)c3)c2)cn1. The van der Waals surface area contributed by atoms with Crippen molar-refractivity contribution in [3.63, 3.8) is 0 Å². The molecule has 0 aliphatic heterocycles. The van der Waals surface area contributed by atoms with Gasteiger partial charge in [0, 0.05) is 24.0 Å². The summed E-state index contributed by atoms with van der Waals surface area (Å²) in [6, 6.07) is 13.0. The largest absolute Gasteiger partial charge is 0.319 e. The van der Waals surface area contributed by atoms with E-state index in [9.17, 15) is 13.2 Å². The first kappa shape index (κ1) is 23.5. The van der Waals surface area contributed by atoms with Gasteiger partial charge in [-0.1, -0.05) is 32.0 Å². The minimum absolute atomic E-state index is 0.0153. The zero-order valence-electron chi connectivity index (χ0n) is 18.6. The molecule has 1 aromatic heterocycles. The summed E-state index contributed by atoms with van der Waals surface area (Å²) in [7, 11) is -3.83. The van der Waals surface area contributed by atoms with E-state index in [2.05, 4.69) is 33.9 Å². The van der Waals surface area contributed by atoms with E-state index in [-0.39, 0.29) is 10.5 Å². The molecule has 0 radical (unpaired) electrons. The fourth-order valence-electron chi connectivity index (χ4n) is 3.26. The van der Waals surface area contributed by atoms with Crippen molar-refractivity contribution >= 4 is 27.3 Å². The van der Waals surface area contributed by atoms with E-state index in [0.29, 0.717) is 11.4 Å². The molecule has 0 bridgehead atoms. The van der Waals surface area contributed by atoms with Crippen molar-refractivity contribution < 1.29 is 13.2 Å². The van der Waals surface area contributed by atoms with Crippen LogP contribution in [-0.4, -0.2) is 48.6 Å². The minimum atomic E-state index is -3.83. The molecule has 0 unspecified atom stereocenters.